The lowest BCUT2D eigenvalue weighted by Gasteiger charge is -2.14. The van der Waals surface area contributed by atoms with Gasteiger partial charge < -0.3 is 5.11 Å². The van der Waals surface area contributed by atoms with E-state index >= 15 is 0 Å². The third kappa shape index (κ3) is 2.77. The SMILES string of the molecule is O=C(c1ccccc1)C(O)c1cc(Cl)ccc1-n1nccn1. The van der Waals surface area contributed by atoms with Crippen molar-refractivity contribution < 1.29 is 9.90 Å². The number of hydrogen-bond acceptors (Lipinski definition) is 4. The van der Waals surface area contributed by atoms with Crippen molar-refractivity contribution in [1.29, 1.82) is 0 Å². The summed E-state index contributed by atoms with van der Waals surface area (Å²) >= 11 is 6.00. The van der Waals surface area contributed by atoms with Crippen molar-refractivity contribution in [3.63, 3.8) is 0 Å². The van der Waals surface area contributed by atoms with Gasteiger partial charge in [-0.3, -0.25) is 4.79 Å². The molecule has 1 heterocycles. The molecular weight excluding hydrogens is 302 g/mol. The van der Waals surface area contributed by atoms with E-state index in [0.717, 1.165) is 0 Å². The van der Waals surface area contributed by atoms with Crippen molar-refractivity contribution in [3.05, 3.63) is 77.1 Å². The lowest BCUT2D eigenvalue weighted by Crippen LogP contribution is -2.15. The number of ketones is 1. The molecule has 1 N–H and O–H groups in total. The molecular formula is C16H12ClN3O2. The highest BCUT2D eigenvalue weighted by atomic mass is 35.5. The summed E-state index contributed by atoms with van der Waals surface area (Å²) < 4.78 is 0. The Morgan fingerprint density at radius 2 is 1.77 bits per heavy atom. The summed E-state index contributed by atoms with van der Waals surface area (Å²) in [4.78, 5) is 13.8. The molecule has 3 rings (SSSR count). The smallest absolute Gasteiger partial charge is 0.195 e. The van der Waals surface area contributed by atoms with E-state index in [1.807, 2.05) is 6.07 Å². The van der Waals surface area contributed by atoms with Crippen molar-refractivity contribution in [1.82, 2.24) is 15.0 Å². The lowest BCUT2D eigenvalue weighted by molar-refractivity contribution is 0.0747. The number of aliphatic hydroxyl groups is 1. The van der Waals surface area contributed by atoms with E-state index in [4.69, 9.17) is 11.6 Å². The Morgan fingerprint density at radius 3 is 2.45 bits per heavy atom. The van der Waals surface area contributed by atoms with E-state index < -0.39 is 11.9 Å². The highest BCUT2D eigenvalue weighted by molar-refractivity contribution is 6.30. The van der Waals surface area contributed by atoms with Gasteiger partial charge in [0, 0.05) is 16.1 Å². The van der Waals surface area contributed by atoms with Crippen LogP contribution in [-0.4, -0.2) is 25.9 Å². The molecule has 22 heavy (non-hydrogen) atoms. The largest absolute Gasteiger partial charge is 0.380 e. The number of Topliss-reactive ketones (excluding diaryl/α,β-unsaturated/α-hetero) is 1. The zero-order chi connectivity index (χ0) is 15.5. The molecule has 3 aromatic rings. The number of nitrogens with zero attached hydrogens (tertiary/aromatic N) is 3. The molecule has 110 valence electrons. The molecule has 1 atom stereocenters. The molecule has 0 aliphatic rings. The maximum Gasteiger partial charge on any atom is 0.195 e. The quantitative estimate of drug-likeness (QED) is 0.752. The summed E-state index contributed by atoms with van der Waals surface area (Å²) in [6.07, 6.45) is 1.69. The van der Waals surface area contributed by atoms with Crippen LogP contribution in [0.15, 0.2) is 60.9 Å². The predicted molar refractivity (Wildman–Crippen MR) is 82.1 cm³/mol. The summed E-state index contributed by atoms with van der Waals surface area (Å²) in [5.41, 5.74) is 1.29. The van der Waals surface area contributed by atoms with Gasteiger partial charge in [0.25, 0.3) is 0 Å². The van der Waals surface area contributed by atoms with Gasteiger partial charge in [-0.05, 0) is 18.2 Å². The van der Waals surface area contributed by atoms with E-state index in [-0.39, 0.29) is 0 Å². The highest BCUT2D eigenvalue weighted by Crippen LogP contribution is 2.27. The monoisotopic (exact) mass is 313 g/mol. The van der Waals surface area contributed by atoms with E-state index in [1.165, 1.54) is 17.2 Å². The summed E-state index contributed by atoms with van der Waals surface area (Å²) in [5, 5.41) is 19.0. The molecule has 0 spiro atoms. The van der Waals surface area contributed by atoms with Gasteiger partial charge >= 0.3 is 0 Å². The van der Waals surface area contributed by atoms with Crippen LogP contribution >= 0.6 is 11.6 Å². The van der Waals surface area contributed by atoms with Gasteiger partial charge in [0.1, 0.15) is 6.10 Å². The van der Waals surface area contributed by atoms with Gasteiger partial charge in [-0.15, -0.1) is 0 Å². The van der Waals surface area contributed by atoms with E-state index in [1.54, 1.807) is 42.5 Å². The molecule has 0 aliphatic heterocycles. The number of aromatic nitrogens is 3. The number of rotatable bonds is 4. The Hall–Kier alpha value is -2.50. The van der Waals surface area contributed by atoms with Crippen LogP contribution in [0.3, 0.4) is 0 Å². The first-order valence-electron chi connectivity index (χ1n) is 6.60. The fourth-order valence-electron chi connectivity index (χ4n) is 2.17. The number of benzene rings is 2. The Morgan fingerprint density at radius 1 is 1.09 bits per heavy atom. The predicted octanol–water partition coefficient (Wildman–Crippen LogP) is 2.84. The molecule has 0 saturated carbocycles. The zero-order valence-electron chi connectivity index (χ0n) is 11.4. The van der Waals surface area contributed by atoms with Gasteiger partial charge in [0.15, 0.2) is 5.78 Å². The molecule has 0 bridgehead atoms. The topological polar surface area (TPSA) is 68.0 Å². The molecule has 0 saturated heterocycles. The zero-order valence-corrected chi connectivity index (χ0v) is 12.2. The molecule has 1 unspecified atom stereocenters. The van der Waals surface area contributed by atoms with Crippen molar-refractivity contribution in [2.75, 3.05) is 0 Å². The van der Waals surface area contributed by atoms with Crippen LogP contribution in [0.4, 0.5) is 0 Å². The molecule has 0 aliphatic carbocycles. The standard InChI is InChI=1S/C16H12ClN3O2/c17-12-6-7-14(20-18-8-9-19-20)13(10-12)16(22)15(21)11-4-2-1-3-5-11/h1-10,16,22H. The van der Waals surface area contributed by atoms with Gasteiger partial charge in [-0.2, -0.15) is 15.0 Å². The highest BCUT2D eigenvalue weighted by Gasteiger charge is 2.23. The third-order valence-electron chi connectivity index (χ3n) is 3.23. The minimum absolute atomic E-state index is 0.359. The second kappa shape index (κ2) is 6.09. The third-order valence-corrected chi connectivity index (χ3v) is 3.46. The first kappa shape index (κ1) is 14.4. The van der Waals surface area contributed by atoms with Crippen LogP contribution in [0.25, 0.3) is 5.69 Å². The van der Waals surface area contributed by atoms with Crippen LogP contribution in [0, 0.1) is 0 Å². The minimum Gasteiger partial charge on any atom is -0.380 e. The number of halogens is 1. The van der Waals surface area contributed by atoms with Gasteiger partial charge in [-0.1, -0.05) is 41.9 Å². The van der Waals surface area contributed by atoms with Crippen LogP contribution in [-0.2, 0) is 0 Å². The fraction of sp³-hybridized carbons (Fsp3) is 0.0625. The molecule has 0 fully saturated rings. The number of aliphatic hydroxyl groups excluding tert-OH is 1. The van der Waals surface area contributed by atoms with Crippen molar-refractivity contribution in [2.24, 2.45) is 0 Å². The summed E-state index contributed by atoms with van der Waals surface area (Å²) in [5.74, 6) is -0.406. The van der Waals surface area contributed by atoms with Crippen molar-refractivity contribution >= 4 is 17.4 Å². The van der Waals surface area contributed by atoms with Crippen LogP contribution in [0.2, 0.25) is 5.02 Å². The molecule has 6 heteroatoms. The lowest BCUT2D eigenvalue weighted by atomic mass is 9.98. The molecule has 5 nitrogen and oxygen atoms in total. The van der Waals surface area contributed by atoms with E-state index in [2.05, 4.69) is 10.2 Å². The Labute approximate surface area is 131 Å². The second-order valence-electron chi connectivity index (χ2n) is 4.65. The average molecular weight is 314 g/mol. The molecule has 2 aromatic carbocycles. The van der Waals surface area contributed by atoms with Crippen LogP contribution in [0.5, 0.6) is 0 Å². The van der Waals surface area contributed by atoms with Gasteiger partial charge in [0.05, 0.1) is 18.1 Å². The molecule has 1 aromatic heterocycles. The van der Waals surface area contributed by atoms with E-state index in [9.17, 15) is 9.90 Å². The summed E-state index contributed by atoms with van der Waals surface area (Å²) in [7, 11) is 0. The van der Waals surface area contributed by atoms with E-state index in [0.29, 0.717) is 21.8 Å². The first-order chi connectivity index (χ1) is 10.7. The molecule has 0 amide bonds. The molecule has 0 radical (unpaired) electrons. The normalized spacial score (nSPS) is 12.1. The Bertz CT molecular complexity index is 788. The first-order valence-corrected chi connectivity index (χ1v) is 6.98. The van der Waals surface area contributed by atoms with Gasteiger partial charge in [0.2, 0.25) is 0 Å². The maximum atomic E-state index is 12.4. The number of carbonyl (C=O) groups excluding carboxylic acids is 1. The minimum atomic E-state index is -1.35. The maximum absolute atomic E-state index is 12.4. The van der Waals surface area contributed by atoms with Gasteiger partial charge in [-0.25, -0.2) is 0 Å². The van der Waals surface area contributed by atoms with Crippen LogP contribution in [0.1, 0.15) is 22.0 Å². The average Bonchev–Trinajstić information content (AvgIpc) is 3.08. The summed E-state index contributed by atoms with van der Waals surface area (Å²) in [6, 6.07) is 13.5. The summed E-state index contributed by atoms with van der Waals surface area (Å²) in [6.45, 7) is 0. The van der Waals surface area contributed by atoms with Crippen molar-refractivity contribution in [2.45, 2.75) is 6.10 Å². The second-order valence-corrected chi connectivity index (χ2v) is 5.09. The fourth-order valence-corrected chi connectivity index (χ4v) is 2.35. The number of hydrogen-bond donors (Lipinski definition) is 1. The van der Waals surface area contributed by atoms with Crippen LogP contribution < -0.4 is 0 Å². The number of carbonyl (C=O) groups is 1. The Kier molecular flexibility index (Phi) is 4.00. The Balaban J connectivity index is 2.04. The van der Waals surface area contributed by atoms with Crippen molar-refractivity contribution in [3.8, 4) is 5.69 Å².